The van der Waals surface area contributed by atoms with E-state index in [1.165, 1.54) is 12.7 Å². The maximum absolute atomic E-state index is 14.3. The molecule has 8 heteroatoms. The van der Waals surface area contributed by atoms with Gasteiger partial charge in [-0.3, -0.25) is 9.36 Å². The molecule has 0 saturated carbocycles. The third kappa shape index (κ3) is 4.36. The first-order chi connectivity index (χ1) is 19.2. The third-order valence-corrected chi connectivity index (χ3v) is 6.80. The first-order valence-corrected chi connectivity index (χ1v) is 12.6. The summed E-state index contributed by atoms with van der Waals surface area (Å²) in [6.45, 7) is 2.06. The maximum atomic E-state index is 14.3. The molecule has 3 aromatic carbocycles. The van der Waals surface area contributed by atoms with Gasteiger partial charge in [0.05, 0.1) is 28.6 Å². The number of nitriles is 1. The third-order valence-electron chi connectivity index (χ3n) is 6.80. The second kappa shape index (κ2) is 10.1. The maximum Gasteiger partial charge on any atom is 0.263 e. The molecule has 0 spiro atoms. The van der Waals surface area contributed by atoms with Gasteiger partial charge in [-0.25, -0.2) is 19.9 Å². The highest BCUT2D eigenvalue weighted by molar-refractivity contribution is 5.96. The number of pyridine rings is 1. The van der Waals surface area contributed by atoms with Crippen molar-refractivity contribution in [1.29, 1.82) is 5.26 Å². The number of fused-ring (bicyclic) bond motifs is 2. The number of nitrogens with zero attached hydrogens (tertiary/aromatic N) is 6. The predicted molar refractivity (Wildman–Crippen MR) is 151 cm³/mol. The minimum Gasteiger partial charge on any atom is -0.361 e. The van der Waals surface area contributed by atoms with Crippen LogP contribution in [0.4, 0.5) is 5.82 Å². The van der Waals surface area contributed by atoms with Gasteiger partial charge in [0, 0.05) is 34.7 Å². The Kier molecular flexibility index (Phi) is 6.23. The number of rotatable bonds is 6. The van der Waals surface area contributed by atoms with Crippen LogP contribution in [-0.2, 0) is 0 Å². The molecule has 3 aromatic heterocycles. The molecule has 0 fully saturated rings. The van der Waals surface area contributed by atoms with E-state index in [2.05, 4.69) is 44.3 Å². The number of nitrogens with one attached hydrogen (secondary N) is 1. The fourth-order valence-corrected chi connectivity index (χ4v) is 4.95. The minimum absolute atomic E-state index is 0.132. The van der Waals surface area contributed by atoms with Gasteiger partial charge in [-0.05, 0) is 53.8 Å². The number of hydrogen-bond acceptors (Lipinski definition) is 7. The quantitative estimate of drug-likeness (QED) is 0.301. The predicted octanol–water partition coefficient (Wildman–Crippen LogP) is 5.83. The van der Waals surface area contributed by atoms with Crippen LogP contribution in [0.15, 0.2) is 103 Å². The van der Waals surface area contributed by atoms with Crippen molar-refractivity contribution in [2.24, 2.45) is 0 Å². The minimum atomic E-state index is -0.269. The van der Waals surface area contributed by atoms with E-state index in [4.69, 9.17) is 0 Å². The Morgan fingerprint density at radius 2 is 1.77 bits per heavy atom. The Labute approximate surface area is 224 Å². The molecule has 6 aromatic rings. The molecule has 0 aliphatic carbocycles. The van der Waals surface area contributed by atoms with Crippen LogP contribution in [0.5, 0.6) is 0 Å². The Morgan fingerprint density at radius 1 is 0.949 bits per heavy atom. The van der Waals surface area contributed by atoms with Crippen LogP contribution >= 0.6 is 0 Å². The summed E-state index contributed by atoms with van der Waals surface area (Å²) >= 11 is 0. The zero-order chi connectivity index (χ0) is 26.8. The van der Waals surface area contributed by atoms with Gasteiger partial charge in [-0.15, -0.1) is 0 Å². The van der Waals surface area contributed by atoms with Crippen LogP contribution in [0.3, 0.4) is 0 Å². The molecule has 188 valence electrons. The molecule has 0 radical (unpaired) electrons. The molecule has 0 aliphatic rings. The van der Waals surface area contributed by atoms with Crippen LogP contribution in [0, 0.1) is 11.3 Å². The highest BCUT2D eigenvalue weighted by Gasteiger charge is 2.21. The zero-order valence-corrected chi connectivity index (χ0v) is 21.1. The van der Waals surface area contributed by atoms with Crippen molar-refractivity contribution >= 4 is 27.5 Å². The van der Waals surface area contributed by atoms with Crippen molar-refractivity contribution in [3.8, 4) is 22.9 Å². The molecule has 0 amide bonds. The van der Waals surface area contributed by atoms with Gasteiger partial charge in [0.2, 0.25) is 0 Å². The van der Waals surface area contributed by atoms with E-state index in [0.29, 0.717) is 23.2 Å². The molecule has 0 bridgehead atoms. The van der Waals surface area contributed by atoms with Crippen LogP contribution < -0.4 is 10.9 Å². The molecule has 1 atom stereocenters. The van der Waals surface area contributed by atoms with E-state index in [-0.39, 0.29) is 11.6 Å². The number of para-hydroxylation sites is 1. The monoisotopic (exact) mass is 509 g/mol. The van der Waals surface area contributed by atoms with Gasteiger partial charge in [0.15, 0.2) is 0 Å². The Hall–Kier alpha value is -5.42. The summed E-state index contributed by atoms with van der Waals surface area (Å²) in [6.07, 6.45) is 7.08. The number of anilines is 1. The van der Waals surface area contributed by atoms with E-state index in [1.54, 1.807) is 29.1 Å². The highest BCUT2D eigenvalue weighted by atomic mass is 16.1. The zero-order valence-electron chi connectivity index (χ0n) is 21.1. The molecule has 8 nitrogen and oxygen atoms in total. The number of hydrogen-bond donors (Lipinski definition) is 1. The average Bonchev–Trinajstić information content (AvgIpc) is 3.00. The summed E-state index contributed by atoms with van der Waals surface area (Å²) < 4.78 is 1.76. The molecular formula is C31H23N7O. The second-order valence-electron chi connectivity index (χ2n) is 9.11. The van der Waals surface area contributed by atoms with Crippen molar-refractivity contribution in [1.82, 2.24) is 24.5 Å². The molecule has 3 heterocycles. The lowest BCUT2D eigenvalue weighted by Crippen LogP contribution is -2.27. The summed E-state index contributed by atoms with van der Waals surface area (Å²) in [7, 11) is 0. The molecular weight excluding hydrogens is 486 g/mol. The van der Waals surface area contributed by atoms with Crippen molar-refractivity contribution in [3.63, 3.8) is 0 Å². The fourth-order valence-electron chi connectivity index (χ4n) is 4.95. The smallest absolute Gasteiger partial charge is 0.263 e. The van der Waals surface area contributed by atoms with Crippen LogP contribution in [0.2, 0.25) is 0 Å². The van der Waals surface area contributed by atoms with Gasteiger partial charge >= 0.3 is 0 Å². The molecule has 0 saturated heterocycles. The average molecular weight is 510 g/mol. The standard InChI is InChI=1S/C31H23N7O/c1-2-26(37-30-25-13-20(15-32)11-12-27(25)35-19-36-30)28-14-21-7-6-10-24(22-16-33-18-34-17-22)29(21)31(39)38(28)23-8-4-3-5-9-23/h3-14,16-19,26H,2H2,1H3,(H,35,36,37)/t26-/m0/s1. The van der Waals surface area contributed by atoms with Crippen molar-refractivity contribution < 1.29 is 0 Å². The Morgan fingerprint density at radius 3 is 2.54 bits per heavy atom. The van der Waals surface area contributed by atoms with Gasteiger partial charge < -0.3 is 5.32 Å². The summed E-state index contributed by atoms with van der Waals surface area (Å²) in [5.41, 5.74) is 4.24. The van der Waals surface area contributed by atoms with Crippen LogP contribution in [0.25, 0.3) is 38.5 Å². The van der Waals surface area contributed by atoms with E-state index in [1.807, 2.05) is 54.6 Å². The summed E-state index contributed by atoms with van der Waals surface area (Å²) in [6, 6.07) is 24.7. The SMILES string of the molecule is CC[C@H](Nc1ncnc2ccc(C#N)cc12)c1cc2cccc(-c3cncnc3)c2c(=O)n1-c1ccccc1. The van der Waals surface area contributed by atoms with Gasteiger partial charge in [0.1, 0.15) is 18.5 Å². The molecule has 0 aliphatic heterocycles. The molecule has 39 heavy (non-hydrogen) atoms. The lowest BCUT2D eigenvalue weighted by atomic mass is 9.98. The summed E-state index contributed by atoms with van der Waals surface area (Å²) in [5, 5.41) is 15.1. The highest BCUT2D eigenvalue weighted by Crippen LogP contribution is 2.32. The number of aromatic nitrogens is 5. The summed E-state index contributed by atoms with van der Waals surface area (Å²) in [4.78, 5) is 31.5. The lowest BCUT2D eigenvalue weighted by Gasteiger charge is -2.24. The topological polar surface area (TPSA) is 109 Å². The lowest BCUT2D eigenvalue weighted by molar-refractivity contribution is 0.689. The van der Waals surface area contributed by atoms with Crippen molar-refractivity contribution in [2.75, 3.05) is 5.32 Å². The fraction of sp³-hybridized carbons (Fsp3) is 0.0968. The molecule has 6 rings (SSSR count). The molecule has 0 unspecified atom stereocenters. The molecule has 1 N–H and O–H groups in total. The van der Waals surface area contributed by atoms with Crippen molar-refractivity contribution in [3.05, 3.63) is 119 Å². The van der Waals surface area contributed by atoms with Gasteiger partial charge in [-0.2, -0.15) is 5.26 Å². The van der Waals surface area contributed by atoms with E-state index in [0.717, 1.165) is 38.8 Å². The van der Waals surface area contributed by atoms with Gasteiger partial charge in [-0.1, -0.05) is 43.3 Å². The van der Waals surface area contributed by atoms with Crippen LogP contribution in [-0.4, -0.2) is 24.5 Å². The van der Waals surface area contributed by atoms with Crippen LogP contribution in [0.1, 0.15) is 30.6 Å². The van der Waals surface area contributed by atoms with Crippen molar-refractivity contribution in [2.45, 2.75) is 19.4 Å². The Balaban J connectivity index is 1.58. The Bertz CT molecular complexity index is 1910. The summed E-state index contributed by atoms with van der Waals surface area (Å²) in [5.74, 6) is 0.603. The largest absolute Gasteiger partial charge is 0.361 e. The first kappa shape index (κ1) is 23.9. The van der Waals surface area contributed by atoms with E-state index >= 15 is 0 Å². The first-order valence-electron chi connectivity index (χ1n) is 12.6. The van der Waals surface area contributed by atoms with E-state index in [9.17, 15) is 10.1 Å². The van der Waals surface area contributed by atoms with E-state index < -0.39 is 0 Å². The normalized spacial score (nSPS) is 11.8. The second-order valence-corrected chi connectivity index (χ2v) is 9.11. The number of benzene rings is 3. The van der Waals surface area contributed by atoms with Gasteiger partial charge in [0.25, 0.3) is 5.56 Å².